The molecule has 0 spiro atoms. The molecule has 0 unspecified atom stereocenters. The molecule has 2 amide bonds. The Morgan fingerprint density at radius 1 is 0.811 bits per heavy atom. The first-order valence-electron chi connectivity index (χ1n) is 17.7. The van der Waals surface area contributed by atoms with Crippen LogP contribution in [-0.2, 0) is 24.6 Å². The molecule has 1 N–H and O–H groups in total. The van der Waals surface area contributed by atoms with Gasteiger partial charge in [-0.25, -0.2) is 0 Å². The van der Waals surface area contributed by atoms with E-state index in [0.717, 1.165) is 5.57 Å². The predicted octanol–water partition coefficient (Wildman–Crippen LogP) is 6.64. The number of carbonyl (C=O) groups excluding carboxylic acids is 5. The van der Waals surface area contributed by atoms with Crippen LogP contribution in [-0.4, -0.2) is 48.5 Å². The van der Waals surface area contributed by atoms with Crippen molar-refractivity contribution in [3.05, 3.63) is 137 Å². The van der Waals surface area contributed by atoms with E-state index in [1.165, 1.54) is 32.1 Å². The molecule has 8 rings (SSSR count). The Morgan fingerprint density at radius 3 is 2.04 bits per heavy atom. The molecule has 266 valence electrons. The van der Waals surface area contributed by atoms with Gasteiger partial charge in [-0.2, -0.15) is 0 Å². The first-order chi connectivity index (χ1) is 25.6. The quantitative estimate of drug-likeness (QED) is 0.129. The van der Waals surface area contributed by atoms with Crippen LogP contribution >= 0.6 is 0 Å². The molecule has 4 aromatic rings. The Morgan fingerprint density at radius 2 is 1.43 bits per heavy atom. The Bertz CT molecular complexity index is 2230. The third-order valence-corrected chi connectivity index (χ3v) is 11.7. The van der Waals surface area contributed by atoms with Crippen LogP contribution in [0.3, 0.4) is 0 Å². The number of benzene rings is 4. The monoisotopic (exact) mass is 707 g/mol. The number of imide groups is 1. The summed E-state index contributed by atoms with van der Waals surface area (Å²) in [5.41, 5.74) is 2.28. The Hall–Kier alpha value is -6.09. The number of ether oxygens (including phenoxy) is 2. The standard InChI is InChI=1S/C44H37NO8/c1-24(46)25-14-16-29(17-15-25)45-42(50)31-19-18-30-33(38(31)43(45)51)22-34-40(48)32(26-10-6-4-7-11-26)23-37(47)44(34,28-12-8-5-9-13-28)39(30)27-20-35(52-2)41(49)36(21-27)53-3/h4-18,20-21,23,31,33-34,38-39,49H,19,22H2,1-3H3/t31-,33+,34-,38-,39-,44-/m0/s1. The van der Waals surface area contributed by atoms with Crippen LogP contribution in [0.2, 0.25) is 0 Å². The average Bonchev–Trinajstić information content (AvgIpc) is 3.44. The van der Waals surface area contributed by atoms with Gasteiger partial charge < -0.3 is 14.6 Å². The highest BCUT2D eigenvalue weighted by atomic mass is 16.5. The van der Waals surface area contributed by atoms with E-state index in [1.807, 2.05) is 54.6 Å². The van der Waals surface area contributed by atoms with Crippen molar-refractivity contribution in [1.29, 1.82) is 0 Å². The molecule has 9 nitrogen and oxygen atoms in total. The van der Waals surface area contributed by atoms with Gasteiger partial charge in [0.05, 0.1) is 37.2 Å². The number of Topliss-reactive ketones (excluding diaryl/α,β-unsaturated/α-hetero) is 2. The number of ketones is 3. The summed E-state index contributed by atoms with van der Waals surface area (Å²) in [7, 11) is 2.85. The lowest BCUT2D eigenvalue weighted by atomic mass is 9.44. The van der Waals surface area contributed by atoms with E-state index >= 15 is 9.59 Å². The zero-order valence-electron chi connectivity index (χ0n) is 29.4. The molecular formula is C44H37NO8. The first kappa shape index (κ1) is 34.0. The second-order valence-electron chi connectivity index (χ2n) is 14.2. The molecule has 0 aromatic heterocycles. The van der Waals surface area contributed by atoms with Crippen LogP contribution < -0.4 is 14.4 Å². The molecule has 0 bridgehead atoms. The van der Waals surface area contributed by atoms with Crippen molar-refractivity contribution in [3.63, 3.8) is 0 Å². The van der Waals surface area contributed by atoms with Crippen LogP contribution in [0.4, 0.5) is 5.69 Å². The third-order valence-electron chi connectivity index (χ3n) is 11.7. The maximum atomic E-state index is 15.2. The van der Waals surface area contributed by atoms with E-state index in [-0.39, 0.29) is 59.3 Å². The third kappa shape index (κ3) is 5.01. The number of anilines is 1. The number of phenols is 1. The molecule has 1 aliphatic heterocycles. The maximum absolute atomic E-state index is 15.2. The molecule has 6 atom stereocenters. The topological polar surface area (TPSA) is 127 Å². The molecular weight excluding hydrogens is 670 g/mol. The Balaban J connectivity index is 1.36. The molecule has 2 fully saturated rings. The van der Waals surface area contributed by atoms with Gasteiger partial charge in [0.15, 0.2) is 28.8 Å². The second kappa shape index (κ2) is 12.8. The van der Waals surface area contributed by atoms with Crippen molar-refractivity contribution in [1.82, 2.24) is 0 Å². The summed E-state index contributed by atoms with van der Waals surface area (Å²) in [5, 5.41) is 11.0. The second-order valence-corrected chi connectivity index (χ2v) is 14.2. The van der Waals surface area contributed by atoms with Crippen LogP contribution in [0, 0.1) is 23.7 Å². The largest absolute Gasteiger partial charge is 0.502 e. The van der Waals surface area contributed by atoms with Gasteiger partial charge in [0.1, 0.15) is 0 Å². The van der Waals surface area contributed by atoms with E-state index in [2.05, 4.69) is 0 Å². The highest BCUT2D eigenvalue weighted by Gasteiger charge is 2.66. The summed E-state index contributed by atoms with van der Waals surface area (Å²) < 4.78 is 11.2. The normalized spacial score (nSPS) is 26.2. The number of nitrogens with zero attached hydrogens (tertiary/aromatic N) is 1. The number of fused-ring (bicyclic) bond motifs is 4. The van der Waals surface area contributed by atoms with Gasteiger partial charge in [-0.15, -0.1) is 0 Å². The van der Waals surface area contributed by atoms with Crippen LogP contribution in [0.15, 0.2) is 115 Å². The summed E-state index contributed by atoms with van der Waals surface area (Å²) in [6.07, 6.45) is 3.83. The number of aromatic hydroxyl groups is 1. The van der Waals surface area contributed by atoms with Crippen LogP contribution in [0.5, 0.6) is 17.2 Å². The number of hydrogen-bond donors (Lipinski definition) is 1. The summed E-state index contributed by atoms with van der Waals surface area (Å²) in [4.78, 5) is 72.3. The van der Waals surface area contributed by atoms with Crippen molar-refractivity contribution >= 4 is 40.4 Å². The minimum absolute atomic E-state index is 0.123. The highest BCUT2D eigenvalue weighted by Crippen LogP contribution is 2.64. The Kier molecular flexibility index (Phi) is 8.24. The lowest BCUT2D eigenvalue weighted by Crippen LogP contribution is -2.58. The smallest absolute Gasteiger partial charge is 0.238 e. The summed E-state index contributed by atoms with van der Waals surface area (Å²) in [6.45, 7) is 1.45. The minimum atomic E-state index is -1.45. The van der Waals surface area contributed by atoms with E-state index < -0.39 is 35.0 Å². The van der Waals surface area contributed by atoms with Gasteiger partial charge in [-0.1, -0.05) is 72.3 Å². The van der Waals surface area contributed by atoms with E-state index in [9.17, 15) is 19.5 Å². The fourth-order valence-corrected chi connectivity index (χ4v) is 9.43. The zero-order chi connectivity index (χ0) is 37.2. The average molecular weight is 708 g/mol. The van der Waals surface area contributed by atoms with Crippen molar-refractivity contribution in [2.24, 2.45) is 23.7 Å². The zero-order valence-corrected chi connectivity index (χ0v) is 29.4. The van der Waals surface area contributed by atoms with E-state index in [1.54, 1.807) is 48.5 Å². The number of amides is 2. The van der Waals surface area contributed by atoms with Gasteiger partial charge in [0, 0.05) is 23.0 Å². The summed E-state index contributed by atoms with van der Waals surface area (Å²) in [6, 6.07) is 28.1. The SMILES string of the molecule is COc1cc([C@H]2C3=CC[C@@H]4C(=O)N(c5ccc(C(C)=O)cc5)C(=O)[C@@H]4[C@@H]3C[C@H]3C(=O)C(c4ccccc4)=CC(=O)[C@@]23c2ccccc2)cc(OC)c1O. The van der Waals surface area contributed by atoms with Crippen molar-refractivity contribution in [2.75, 3.05) is 19.1 Å². The molecule has 4 aromatic carbocycles. The number of rotatable bonds is 7. The van der Waals surface area contributed by atoms with Gasteiger partial charge in [0.25, 0.3) is 0 Å². The molecule has 4 aliphatic rings. The van der Waals surface area contributed by atoms with Gasteiger partial charge in [-0.3, -0.25) is 28.9 Å². The Labute approximate surface area is 306 Å². The molecule has 1 heterocycles. The van der Waals surface area contributed by atoms with Crippen molar-refractivity contribution in [2.45, 2.75) is 31.1 Å². The van der Waals surface area contributed by atoms with Crippen molar-refractivity contribution in [3.8, 4) is 17.2 Å². The summed E-state index contributed by atoms with van der Waals surface area (Å²) in [5.74, 6) is -5.12. The van der Waals surface area contributed by atoms with E-state index in [0.29, 0.717) is 33.5 Å². The molecule has 0 radical (unpaired) electrons. The van der Waals surface area contributed by atoms with Crippen molar-refractivity contribution < 1.29 is 38.6 Å². The minimum Gasteiger partial charge on any atom is -0.502 e. The number of phenolic OH excluding ortho intramolecular Hbond substituents is 1. The molecule has 53 heavy (non-hydrogen) atoms. The van der Waals surface area contributed by atoms with Gasteiger partial charge in [0.2, 0.25) is 17.6 Å². The number of allylic oxidation sites excluding steroid dienone is 4. The number of carbonyl (C=O) groups is 5. The van der Waals surface area contributed by atoms with E-state index in [4.69, 9.17) is 9.47 Å². The highest BCUT2D eigenvalue weighted by molar-refractivity contribution is 6.32. The summed E-state index contributed by atoms with van der Waals surface area (Å²) >= 11 is 0. The lowest BCUT2D eigenvalue weighted by Gasteiger charge is -2.55. The lowest BCUT2D eigenvalue weighted by molar-refractivity contribution is -0.135. The molecule has 9 heteroatoms. The fourth-order valence-electron chi connectivity index (χ4n) is 9.43. The number of methoxy groups -OCH3 is 2. The molecule has 3 aliphatic carbocycles. The van der Waals surface area contributed by atoms with Gasteiger partial charge >= 0.3 is 0 Å². The first-order valence-corrected chi connectivity index (χ1v) is 17.7. The maximum Gasteiger partial charge on any atom is 0.238 e. The van der Waals surface area contributed by atoms with Crippen LogP contribution in [0.1, 0.15) is 52.7 Å². The molecule has 1 saturated carbocycles. The van der Waals surface area contributed by atoms with Crippen LogP contribution in [0.25, 0.3) is 5.57 Å². The molecule has 1 saturated heterocycles. The number of hydrogen-bond acceptors (Lipinski definition) is 8. The fraction of sp³-hybridized carbons (Fsp3) is 0.250. The predicted molar refractivity (Wildman–Crippen MR) is 197 cm³/mol. The van der Waals surface area contributed by atoms with Gasteiger partial charge in [-0.05, 0) is 84.8 Å².